The highest BCUT2D eigenvalue weighted by molar-refractivity contribution is 9.10. The maximum Gasteiger partial charge on any atom is 0.283 e. The molecular formula is C14H18BrN3O2. The van der Waals surface area contributed by atoms with Gasteiger partial charge in [0.2, 0.25) is 0 Å². The predicted octanol–water partition coefficient (Wildman–Crippen LogP) is 2.64. The Morgan fingerprint density at radius 2 is 1.95 bits per heavy atom. The predicted molar refractivity (Wildman–Crippen MR) is 80.7 cm³/mol. The molecular weight excluding hydrogens is 322 g/mol. The lowest BCUT2D eigenvalue weighted by molar-refractivity contribution is -0.385. The van der Waals surface area contributed by atoms with Gasteiger partial charge in [0.15, 0.2) is 0 Å². The van der Waals surface area contributed by atoms with Gasteiger partial charge in [0.25, 0.3) is 5.69 Å². The topological polar surface area (TPSA) is 49.6 Å². The van der Waals surface area contributed by atoms with E-state index in [4.69, 9.17) is 0 Å². The molecule has 0 radical (unpaired) electrons. The second kappa shape index (κ2) is 5.79. The molecule has 1 aliphatic carbocycles. The van der Waals surface area contributed by atoms with E-state index in [9.17, 15) is 10.1 Å². The molecule has 0 amide bonds. The summed E-state index contributed by atoms with van der Waals surface area (Å²) in [7, 11) is 0. The summed E-state index contributed by atoms with van der Waals surface area (Å²) in [5, 5.41) is 10.9. The first kappa shape index (κ1) is 14.0. The van der Waals surface area contributed by atoms with Gasteiger partial charge in [0, 0.05) is 44.8 Å². The first-order valence-electron chi connectivity index (χ1n) is 7.03. The van der Waals surface area contributed by atoms with Crippen LogP contribution >= 0.6 is 15.9 Å². The Hall–Kier alpha value is -0.980. The van der Waals surface area contributed by atoms with Gasteiger partial charge in [-0.05, 0) is 34.3 Å². The van der Waals surface area contributed by atoms with Crippen LogP contribution in [0.5, 0.6) is 0 Å². The van der Waals surface area contributed by atoms with Crippen molar-refractivity contribution in [1.82, 2.24) is 9.80 Å². The molecule has 0 N–H and O–H groups in total. The van der Waals surface area contributed by atoms with Gasteiger partial charge in [0.05, 0.1) is 9.40 Å². The lowest BCUT2D eigenvalue weighted by Crippen LogP contribution is -2.46. The molecule has 6 heteroatoms. The van der Waals surface area contributed by atoms with Gasteiger partial charge < -0.3 is 0 Å². The number of piperazine rings is 1. The fraction of sp³-hybridized carbons (Fsp3) is 0.571. The summed E-state index contributed by atoms with van der Waals surface area (Å²) in [6.45, 7) is 5.12. The van der Waals surface area contributed by atoms with Crippen molar-refractivity contribution in [2.24, 2.45) is 0 Å². The van der Waals surface area contributed by atoms with E-state index in [1.165, 1.54) is 12.8 Å². The normalized spacial score (nSPS) is 21.1. The molecule has 1 aromatic carbocycles. The third-order valence-electron chi connectivity index (χ3n) is 4.12. The van der Waals surface area contributed by atoms with Gasteiger partial charge in [-0.15, -0.1) is 0 Å². The molecule has 2 aliphatic rings. The first-order valence-corrected chi connectivity index (χ1v) is 7.82. The summed E-state index contributed by atoms with van der Waals surface area (Å²) >= 11 is 3.37. The van der Waals surface area contributed by atoms with Crippen molar-refractivity contribution in [3.63, 3.8) is 0 Å². The van der Waals surface area contributed by atoms with Gasteiger partial charge in [-0.2, -0.15) is 0 Å². The van der Waals surface area contributed by atoms with Crippen molar-refractivity contribution >= 4 is 21.6 Å². The Morgan fingerprint density at radius 1 is 1.25 bits per heavy atom. The highest BCUT2D eigenvalue weighted by Crippen LogP contribution is 2.30. The Kier molecular flexibility index (Phi) is 4.05. The molecule has 20 heavy (non-hydrogen) atoms. The monoisotopic (exact) mass is 339 g/mol. The van der Waals surface area contributed by atoms with Gasteiger partial charge in [0.1, 0.15) is 0 Å². The zero-order chi connectivity index (χ0) is 14.1. The molecule has 0 aromatic heterocycles. The van der Waals surface area contributed by atoms with E-state index in [1.54, 1.807) is 12.1 Å². The largest absolute Gasteiger partial charge is 0.298 e. The highest BCUT2D eigenvalue weighted by atomic mass is 79.9. The number of nitro groups is 1. The average molecular weight is 340 g/mol. The van der Waals surface area contributed by atoms with Crippen molar-refractivity contribution in [2.75, 3.05) is 26.2 Å². The Labute approximate surface area is 126 Å². The number of rotatable bonds is 4. The van der Waals surface area contributed by atoms with Crippen molar-refractivity contribution < 1.29 is 4.92 Å². The third kappa shape index (κ3) is 3.02. The van der Waals surface area contributed by atoms with E-state index in [1.807, 2.05) is 6.07 Å². The lowest BCUT2D eigenvalue weighted by atomic mass is 10.1. The van der Waals surface area contributed by atoms with Crippen LogP contribution in [0.3, 0.4) is 0 Å². The van der Waals surface area contributed by atoms with Crippen LogP contribution in [0.15, 0.2) is 22.7 Å². The number of hydrogen-bond donors (Lipinski definition) is 0. The van der Waals surface area contributed by atoms with E-state index in [-0.39, 0.29) is 10.6 Å². The van der Waals surface area contributed by atoms with Crippen LogP contribution in [-0.2, 0) is 6.54 Å². The molecule has 1 heterocycles. The smallest absolute Gasteiger partial charge is 0.283 e. The van der Waals surface area contributed by atoms with E-state index in [2.05, 4.69) is 25.7 Å². The number of halogens is 1. The van der Waals surface area contributed by atoms with Crippen molar-refractivity contribution in [3.8, 4) is 0 Å². The number of nitrogens with zero attached hydrogens (tertiary/aromatic N) is 3. The standard InChI is InChI=1S/C14H18BrN3O2/c15-14-11(2-1-3-13(14)18(19)20)10-16-6-8-17(9-7-16)12-4-5-12/h1-3,12H,4-10H2. The fourth-order valence-electron chi connectivity index (χ4n) is 2.80. The molecule has 2 fully saturated rings. The van der Waals surface area contributed by atoms with E-state index in [0.29, 0.717) is 4.47 Å². The molecule has 0 atom stereocenters. The summed E-state index contributed by atoms with van der Waals surface area (Å²) < 4.78 is 0.620. The summed E-state index contributed by atoms with van der Waals surface area (Å²) in [4.78, 5) is 15.6. The molecule has 1 aromatic rings. The van der Waals surface area contributed by atoms with Crippen LogP contribution in [0.2, 0.25) is 0 Å². The first-order chi connectivity index (χ1) is 9.65. The van der Waals surface area contributed by atoms with Crippen LogP contribution in [0.25, 0.3) is 0 Å². The molecule has 1 aliphatic heterocycles. The van der Waals surface area contributed by atoms with E-state index >= 15 is 0 Å². The quantitative estimate of drug-likeness (QED) is 0.625. The molecule has 0 spiro atoms. The Balaban J connectivity index is 1.63. The van der Waals surface area contributed by atoms with Crippen LogP contribution in [-0.4, -0.2) is 46.9 Å². The molecule has 1 saturated heterocycles. The van der Waals surface area contributed by atoms with Crippen LogP contribution in [0.1, 0.15) is 18.4 Å². The molecule has 1 saturated carbocycles. The number of hydrogen-bond acceptors (Lipinski definition) is 4. The fourth-order valence-corrected chi connectivity index (χ4v) is 3.33. The Morgan fingerprint density at radius 3 is 2.55 bits per heavy atom. The minimum atomic E-state index is -0.335. The third-order valence-corrected chi connectivity index (χ3v) is 5.03. The highest BCUT2D eigenvalue weighted by Gasteiger charge is 2.31. The van der Waals surface area contributed by atoms with Crippen molar-refractivity contribution in [1.29, 1.82) is 0 Å². The number of nitro benzene ring substituents is 1. The minimum absolute atomic E-state index is 0.152. The second-order valence-corrected chi connectivity index (χ2v) is 6.34. The van der Waals surface area contributed by atoms with Crippen molar-refractivity contribution in [3.05, 3.63) is 38.3 Å². The van der Waals surface area contributed by atoms with Crippen LogP contribution in [0, 0.1) is 10.1 Å². The minimum Gasteiger partial charge on any atom is -0.298 e. The average Bonchev–Trinajstić information content (AvgIpc) is 3.26. The molecule has 108 valence electrons. The summed E-state index contributed by atoms with van der Waals surface area (Å²) in [5.41, 5.74) is 1.15. The van der Waals surface area contributed by atoms with Gasteiger partial charge in [-0.1, -0.05) is 12.1 Å². The van der Waals surface area contributed by atoms with Crippen LogP contribution < -0.4 is 0 Å². The number of benzene rings is 1. The molecule has 5 nitrogen and oxygen atoms in total. The lowest BCUT2D eigenvalue weighted by Gasteiger charge is -2.34. The second-order valence-electron chi connectivity index (χ2n) is 5.55. The SMILES string of the molecule is O=[N+]([O-])c1cccc(CN2CCN(C3CC3)CC2)c1Br. The van der Waals surface area contributed by atoms with Crippen LogP contribution in [0.4, 0.5) is 5.69 Å². The zero-order valence-corrected chi connectivity index (χ0v) is 12.9. The molecule has 3 rings (SSSR count). The van der Waals surface area contributed by atoms with Gasteiger partial charge in [-0.3, -0.25) is 19.9 Å². The summed E-state index contributed by atoms with van der Waals surface area (Å²) in [6, 6.07) is 6.10. The summed E-state index contributed by atoms with van der Waals surface area (Å²) in [6.07, 6.45) is 2.72. The maximum absolute atomic E-state index is 10.9. The zero-order valence-electron chi connectivity index (χ0n) is 11.3. The molecule has 0 unspecified atom stereocenters. The van der Waals surface area contributed by atoms with Gasteiger partial charge in [-0.25, -0.2) is 0 Å². The Bertz CT molecular complexity index is 511. The maximum atomic E-state index is 10.9. The summed E-state index contributed by atoms with van der Waals surface area (Å²) in [5.74, 6) is 0. The van der Waals surface area contributed by atoms with Crippen molar-refractivity contribution in [2.45, 2.75) is 25.4 Å². The van der Waals surface area contributed by atoms with E-state index in [0.717, 1.165) is 44.3 Å². The molecule has 0 bridgehead atoms. The van der Waals surface area contributed by atoms with Gasteiger partial charge >= 0.3 is 0 Å². The van der Waals surface area contributed by atoms with E-state index < -0.39 is 0 Å².